The quantitative estimate of drug-likeness (QED) is 0.877. The lowest BCUT2D eigenvalue weighted by molar-refractivity contribution is 0.0673. The number of carbonyl (C=O) groups is 1. The number of aliphatic hydroxyl groups is 1. The van der Waals surface area contributed by atoms with Crippen LogP contribution in [-0.4, -0.2) is 23.8 Å². The van der Waals surface area contributed by atoms with Gasteiger partial charge < -0.3 is 15.2 Å². The molecule has 1 fully saturated rings. The van der Waals surface area contributed by atoms with Crippen LogP contribution in [0.1, 0.15) is 31.2 Å². The van der Waals surface area contributed by atoms with Gasteiger partial charge in [0.05, 0.1) is 6.10 Å². The topological polar surface area (TPSA) is 58.6 Å². The van der Waals surface area contributed by atoms with Crippen LogP contribution in [0.25, 0.3) is 0 Å². The van der Waals surface area contributed by atoms with Crippen molar-refractivity contribution < 1.29 is 14.6 Å². The first kappa shape index (κ1) is 13.9. The molecule has 4 nitrogen and oxygen atoms in total. The van der Waals surface area contributed by atoms with Gasteiger partial charge >= 0.3 is 6.09 Å². The third kappa shape index (κ3) is 4.56. The Balaban J connectivity index is 1.67. The van der Waals surface area contributed by atoms with Crippen molar-refractivity contribution in [3.63, 3.8) is 0 Å². The zero-order valence-corrected chi connectivity index (χ0v) is 11.0. The second-order valence-electron chi connectivity index (χ2n) is 5.05. The maximum Gasteiger partial charge on any atom is 0.407 e. The number of hydrogen-bond acceptors (Lipinski definition) is 3. The Labute approximate surface area is 113 Å². The first-order valence-electron chi connectivity index (χ1n) is 6.88. The fourth-order valence-corrected chi connectivity index (χ4v) is 2.41. The van der Waals surface area contributed by atoms with Crippen molar-refractivity contribution in [2.45, 2.75) is 38.4 Å². The first-order valence-corrected chi connectivity index (χ1v) is 6.88. The number of ether oxygens (including phenoxy) is 1. The molecule has 1 saturated carbocycles. The molecule has 4 heteroatoms. The molecule has 0 heterocycles. The molecule has 2 N–H and O–H groups in total. The number of alkyl carbamates (subject to hydrolysis) is 1. The number of aliphatic hydroxyl groups excluding tert-OH is 1. The number of benzene rings is 1. The Bertz CT molecular complexity index is 394. The molecule has 1 amide bonds. The minimum Gasteiger partial charge on any atom is -0.445 e. The average Bonchev–Trinajstić information content (AvgIpc) is 2.45. The van der Waals surface area contributed by atoms with Gasteiger partial charge in [0.25, 0.3) is 0 Å². The van der Waals surface area contributed by atoms with Crippen molar-refractivity contribution in [1.29, 1.82) is 0 Å². The first-order chi connectivity index (χ1) is 9.25. The molecule has 0 saturated heterocycles. The Hall–Kier alpha value is -1.55. The van der Waals surface area contributed by atoms with Gasteiger partial charge in [-0.2, -0.15) is 0 Å². The summed E-state index contributed by atoms with van der Waals surface area (Å²) in [6, 6.07) is 9.58. The maximum atomic E-state index is 11.6. The molecule has 1 aromatic rings. The van der Waals surface area contributed by atoms with E-state index in [0.717, 1.165) is 31.2 Å². The molecule has 19 heavy (non-hydrogen) atoms. The molecular weight excluding hydrogens is 242 g/mol. The number of amides is 1. The van der Waals surface area contributed by atoms with E-state index in [1.165, 1.54) is 0 Å². The molecule has 1 aliphatic carbocycles. The summed E-state index contributed by atoms with van der Waals surface area (Å²) in [5.74, 6) is 0.165. The standard InChI is InChI=1S/C15H21NO3/c17-14-9-5-4-8-13(14)10-16-15(18)19-11-12-6-2-1-3-7-12/h1-3,6-7,13-14,17H,4-5,8-11H2,(H,16,18)/t13-,14+/m0/s1. The molecule has 0 aliphatic heterocycles. The minimum atomic E-state index is -0.415. The van der Waals surface area contributed by atoms with Gasteiger partial charge in [0, 0.05) is 12.5 Å². The van der Waals surface area contributed by atoms with E-state index in [1.807, 2.05) is 30.3 Å². The SMILES string of the molecule is O=C(NC[C@@H]1CCCC[C@H]1O)OCc1ccccc1. The van der Waals surface area contributed by atoms with Crippen LogP contribution in [0.15, 0.2) is 30.3 Å². The van der Waals surface area contributed by atoms with E-state index in [-0.39, 0.29) is 18.6 Å². The normalized spacial score (nSPS) is 22.8. The van der Waals surface area contributed by atoms with Crippen LogP contribution < -0.4 is 5.32 Å². The smallest absolute Gasteiger partial charge is 0.407 e. The summed E-state index contributed by atoms with van der Waals surface area (Å²) in [7, 11) is 0. The van der Waals surface area contributed by atoms with Gasteiger partial charge in [-0.1, -0.05) is 43.2 Å². The van der Waals surface area contributed by atoms with Crippen LogP contribution in [0, 0.1) is 5.92 Å². The second-order valence-corrected chi connectivity index (χ2v) is 5.05. The van der Waals surface area contributed by atoms with Crippen LogP contribution in [0.2, 0.25) is 0 Å². The number of hydrogen-bond donors (Lipinski definition) is 2. The summed E-state index contributed by atoms with van der Waals surface area (Å²) in [6.45, 7) is 0.773. The Kier molecular flexibility index (Phi) is 5.21. The van der Waals surface area contributed by atoms with Crippen molar-refractivity contribution in [2.75, 3.05) is 6.54 Å². The molecule has 0 spiro atoms. The molecule has 1 aliphatic rings. The number of carbonyl (C=O) groups excluding carboxylic acids is 1. The Morgan fingerprint density at radius 2 is 2.00 bits per heavy atom. The lowest BCUT2D eigenvalue weighted by Gasteiger charge is -2.27. The van der Waals surface area contributed by atoms with Crippen molar-refractivity contribution in [3.05, 3.63) is 35.9 Å². The van der Waals surface area contributed by atoms with Crippen LogP contribution >= 0.6 is 0 Å². The third-order valence-corrected chi connectivity index (χ3v) is 3.59. The largest absolute Gasteiger partial charge is 0.445 e. The lowest BCUT2D eigenvalue weighted by Crippen LogP contribution is -2.36. The molecule has 2 atom stereocenters. The van der Waals surface area contributed by atoms with Gasteiger partial charge in [0.1, 0.15) is 6.61 Å². The summed E-state index contributed by atoms with van der Waals surface area (Å²) in [4.78, 5) is 11.6. The van der Waals surface area contributed by atoms with E-state index < -0.39 is 6.09 Å². The molecular formula is C15H21NO3. The molecule has 0 aromatic heterocycles. The van der Waals surface area contributed by atoms with Crippen molar-refractivity contribution in [2.24, 2.45) is 5.92 Å². The Morgan fingerprint density at radius 3 is 2.74 bits per heavy atom. The van der Waals surface area contributed by atoms with E-state index in [1.54, 1.807) is 0 Å². The highest BCUT2D eigenvalue weighted by Crippen LogP contribution is 2.23. The average molecular weight is 263 g/mol. The highest BCUT2D eigenvalue weighted by Gasteiger charge is 2.23. The fraction of sp³-hybridized carbons (Fsp3) is 0.533. The van der Waals surface area contributed by atoms with Crippen LogP contribution in [-0.2, 0) is 11.3 Å². The molecule has 1 aromatic carbocycles. The Morgan fingerprint density at radius 1 is 1.26 bits per heavy atom. The van der Waals surface area contributed by atoms with Gasteiger partial charge in [0.2, 0.25) is 0 Å². The van der Waals surface area contributed by atoms with E-state index in [4.69, 9.17) is 4.74 Å². The fourth-order valence-electron chi connectivity index (χ4n) is 2.41. The highest BCUT2D eigenvalue weighted by atomic mass is 16.5. The monoisotopic (exact) mass is 263 g/mol. The minimum absolute atomic E-state index is 0.165. The zero-order valence-electron chi connectivity index (χ0n) is 11.0. The van der Waals surface area contributed by atoms with Gasteiger partial charge in [-0.3, -0.25) is 0 Å². The summed E-state index contributed by atoms with van der Waals surface area (Å²) >= 11 is 0. The van der Waals surface area contributed by atoms with Gasteiger partial charge in [-0.25, -0.2) is 4.79 Å². The molecule has 104 valence electrons. The summed E-state index contributed by atoms with van der Waals surface area (Å²) in [5.41, 5.74) is 0.968. The summed E-state index contributed by atoms with van der Waals surface area (Å²) in [6.07, 6.45) is 3.31. The molecule has 0 unspecified atom stereocenters. The molecule has 0 radical (unpaired) electrons. The predicted molar refractivity (Wildman–Crippen MR) is 72.6 cm³/mol. The van der Waals surface area contributed by atoms with E-state index in [9.17, 15) is 9.90 Å². The van der Waals surface area contributed by atoms with E-state index >= 15 is 0 Å². The van der Waals surface area contributed by atoms with E-state index in [2.05, 4.69) is 5.32 Å². The molecule has 2 rings (SSSR count). The van der Waals surface area contributed by atoms with Gasteiger partial charge in [-0.05, 0) is 18.4 Å². The molecule has 0 bridgehead atoms. The summed E-state index contributed by atoms with van der Waals surface area (Å²) < 4.78 is 5.12. The van der Waals surface area contributed by atoms with Crippen LogP contribution in [0.5, 0.6) is 0 Å². The van der Waals surface area contributed by atoms with Crippen LogP contribution in [0.3, 0.4) is 0 Å². The van der Waals surface area contributed by atoms with Crippen LogP contribution in [0.4, 0.5) is 4.79 Å². The second kappa shape index (κ2) is 7.14. The van der Waals surface area contributed by atoms with Gasteiger partial charge in [0.15, 0.2) is 0 Å². The lowest BCUT2D eigenvalue weighted by atomic mass is 9.86. The highest BCUT2D eigenvalue weighted by molar-refractivity contribution is 5.67. The predicted octanol–water partition coefficient (Wildman–Crippen LogP) is 2.46. The van der Waals surface area contributed by atoms with Crippen molar-refractivity contribution in [1.82, 2.24) is 5.32 Å². The number of rotatable bonds is 4. The van der Waals surface area contributed by atoms with Crippen molar-refractivity contribution in [3.8, 4) is 0 Å². The third-order valence-electron chi connectivity index (χ3n) is 3.59. The number of nitrogens with one attached hydrogen (secondary N) is 1. The summed E-state index contributed by atoms with van der Waals surface area (Å²) in [5, 5.41) is 12.5. The maximum absolute atomic E-state index is 11.6. The zero-order chi connectivity index (χ0) is 13.5. The van der Waals surface area contributed by atoms with Crippen molar-refractivity contribution >= 4 is 6.09 Å². The van der Waals surface area contributed by atoms with Gasteiger partial charge in [-0.15, -0.1) is 0 Å². The van der Waals surface area contributed by atoms with E-state index in [0.29, 0.717) is 6.54 Å².